The van der Waals surface area contributed by atoms with E-state index in [1.54, 1.807) is 4.90 Å². The molecule has 3 heteroatoms. The lowest BCUT2D eigenvalue weighted by Crippen LogP contribution is -2.32. The number of aliphatic hydroxyl groups excluding tert-OH is 1. The molecule has 1 aromatic rings. The van der Waals surface area contributed by atoms with Gasteiger partial charge in [0.25, 0.3) is 5.91 Å². The predicted octanol–water partition coefficient (Wildman–Crippen LogP) is 1.84. The molecule has 0 bridgehead atoms. The molecule has 0 atom stereocenters. The number of carbonyl (C=O) groups is 1. The summed E-state index contributed by atoms with van der Waals surface area (Å²) in [7, 11) is 0. The Morgan fingerprint density at radius 1 is 1.38 bits per heavy atom. The van der Waals surface area contributed by atoms with E-state index < -0.39 is 0 Å². The second-order valence-corrected chi connectivity index (χ2v) is 3.78. The number of nitrogens with zero attached hydrogens (tertiary/aromatic N) is 1. The minimum Gasteiger partial charge on any atom is -0.396 e. The zero-order valence-corrected chi connectivity index (χ0v) is 9.94. The lowest BCUT2D eigenvalue weighted by atomic mass is 10.1. The topological polar surface area (TPSA) is 40.5 Å². The summed E-state index contributed by atoms with van der Waals surface area (Å²) in [5, 5.41) is 8.78. The van der Waals surface area contributed by atoms with E-state index in [0.29, 0.717) is 19.5 Å². The molecule has 0 unspecified atom stereocenters. The zero-order valence-electron chi connectivity index (χ0n) is 9.94. The molecule has 3 nitrogen and oxygen atoms in total. The first kappa shape index (κ1) is 12.7. The van der Waals surface area contributed by atoms with Crippen molar-refractivity contribution in [2.75, 3.05) is 19.7 Å². The molecule has 88 valence electrons. The zero-order chi connectivity index (χ0) is 12.0. The molecule has 0 saturated carbocycles. The van der Waals surface area contributed by atoms with Crippen LogP contribution in [0.3, 0.4) is 0 Å². The molecule has 1 amide bonds. The molecule has 0 heterocycles. The molecule has 0 aliphatic heterocycles. The van der Waals surface area contributed by atoms with E-state index >= 15 is 0 Å². The van der Waals surface area contributed by atoms with Gasteiger partial charge in [0.2, 0.25) is 0 Å². The van der Waals surface area contributed by atoms with Gasteiger partial charge in [-0.3, -0.25) is 4.79 Å². The number of aryl methyl sites for hydroxylation is 1. The molecule has 0 aromatic heterocycles. The molecule has 0 fully saturated rings. The van der Waals surface area contributed by atoms with Crippen molar-refractivity contribution in [2.45, 2.75) is 20.3 Å². The summed E-state index contributed by atoms with van der Waals surface area (Å²) in [5.41, 5.74) is 1.75. The Morgan fingerprint density at radius 3 is 2.62 bits per heavy atom. The third-order valence-corrected chi connectivity index (χ3v) is 2.63. The van der Waals surface area contributed by atoms with Gasteiger partial charge in [0.05, 0.1) is 0 Å². The van der Waals surface area contributed by atoms with Crippen LogP contribution in [0.15, 0.2) is 24.3 Å². The van der Waals surface area contributed by atoms with Crippen LogP contribution in [-0.2, 0) is 0 Å². The molecular weight excluding hydrogens is 202 g/mol. The van der Waals surface area contributed by atoms with Crippen molar-refractivity contribution in [1.82, 2.24) is 4.90 Å². The summed E-state index contributed by atoms with van der Waals surface area (Å²) >= 11 is 0. The fourth-order valence-electron chi connectivity index (χ4n) is 1.65. The third-order valence-electron chi connectivity index (χ3n) is 2.63. The van der Waals surface area contributed by atoms with Crippen LogP contribution in [0.25, 0.3) is 0 Å². The van der Waals surface area contributed by atoms with Gasteiger partial charge < -0.3 is 10.0 Å². The van der Waals surface area contributed by atoms with E-state index in [1.807, 2.05) is 38.1 Å². The van der Waals surface area contributed by atoms with E-state index in [0.717, 1.165) is 11.1 Å². The van der Waals surface area contributed by atoms with E-state index in [-0.39, 0.29) is 12.5 Å². The van der Waals surface area contributed by atoms with E-state index in [9.17, 15) is 4.79 Å². The average Bonchev–Trinajstić information content (AvgIpc) is 2.30. The van der Waals surface area contributed by atoms with Crippen LogP contribution in [0.2, 0.25) is 0 Å². The smallest absolute Gasteiger partial charge is 0.254 e. The maximum absolute atomic E-state index is 12.1. The summed E-state index contributed by atoms with van der Waals surface area (Å²) in [4.78, 5) is 13.9. The van der Waals surface area contributed by atoms with Gasteiger partial charge >= 0.3 is 0 Å². The van der Waals surface area contributed by atoms with Gasteiger partial charge in [0.15, 0.2) is 0 Å². The first-order valence-electron chi connectivity index (χ1n) is 5.66. The Balaban J connectivity index is 2.79. The van der Waals surface area contributed by atoms with Gasteiger partial charge in [0.1, 0.15) is 0 Å². The van der Waals surface area contributed by atoms with Gasteiger partial charge in [-0.2, -0.15) is 0 Å². The highest BCUT2D eigenvalue weighted by molar-refractivity contribution is 5.95. The van der Waals surface area contributed by atoms with Crippen LogP contribution in [-0.4, -0.2) is 35.6 Å². The SMILES string of the molecule is CCN(CCCO)C(=O)c1ccccc1C. The Kier molecular flexibility index (Phi) is 4.99. The quantitative estimate of drug-likeness (QED) is 0.824. The minimum atomic E-state index is 0.0500. The second-order valence-electron chi connectivity index (χ2n) is 3.78. The van der Waals surface area contributed by atoms with Gasteiger partial charge in [-0.15, -0.1) is 0 Å². The molecule has 1 N–H and O–H groups in total. The van der Waals surface area contributed by atoms with Crippen molar-refractivity contribution in [3.63, 3.8) is 0 Å². The molecule has 1 aromatic carbocycles. The summed E-state index contributed by atoms with van der Waals surface area (Å²) in [6.07, 6.45) is 0.630. The standard InChI is InChI=1S/C13H19NO2/c1-3-14(9-6-10-15)13(16)12-8-5-4-7-11(12)2/h4-5,7-8,15H,3,6,9-10H2,1-2H3. The van der Waals surface area contributed by atoms with Crippen LogP contribution in [0, 0.1) is 6.92 Å². The molecule has 0 saturated heterocycles. The van der Waals surface area contributed by atoms with Crippen molar-refractivity contribution >= 4 is 5.91 Å². The molecule has 0 aliphatic carbocycles. The molecule has 16 heavy (non-hydrogen) atoms. The van der Waals surface area contributed by atoms with Crippen LogP contribution in [0.1, 0.15) is 29.3 Å². The molecular formula is C13H19NO2. The number of hydrogen-bond donors (Lipinski definition) is 1. The predicted molar refractivity (Wildman–Crippen MR) is 64.5 cm³/mol. The normalized spacial score (nSPS) is 10.2. The molecule has 0 spiro atoms. The van der Waals surface area contributed by atoms with Crippen molar-refractivity contribution in [3.05, 3.63) is 35.4 Å². The number of rotatable bonds is 5. The summed E-state index contributed by atoms with van der Waals surface area (Å²) in [6.45, 7) is 5.30. The second kappa shape index (κ2) is 6.28. The maximum atomic E-state index is 12.1. The highest BCUT2D eigenvalue weighted by Gasteiger charge is 2.14. The minimum absolute atomic E-state index is 0.0500. The van der Waals surface area contributed by atoms with Crippen LogP contribution >= 0.6 is 0 Å². The first-order chi connectivity index (χ1) is 7.70. The summed E-state index contributed by atoms with van der Waals surface area (Å²) < 4.78 is 0. The van der Waals surface area contributed by atoms with Crippen molar-refractivity contribution in [2.24, 2.45) is 0 Å². The Hall–Kier alpha value is -1.35. The van der Waals surface area contributed by atoms with Gasteiger partial charge in [-0.1, -0.05) is 18.2 Å². The van der Waals surface area contributed by atoms with E-state index in [4.69, 9.17) is 5.11 Å². The molecule has 1 rings (SSSR count). The number of benzene rings is 1. The number of carbonyl (C=O) groups excluding carboxylic acids is 1. The van der Waals surface area contributed by atoms with E-state index in [1.165, 1.54) is 0 Å². The Bertz CT molecular complexity index is 350. The maximum Gasteiger partial charge on any atom is 0.254 e. The van der Waals surface area contributed by atoms with Crippen LogP contribution in [0.4, 0.5) is 0 Å². The van der Waals surface area contributed by atoms with Crippen LogP contribution < -0.4 is 0 Å². The fourth-order valence-corrected chi connectivity index (χ4v) is 1.65. The lowest BCUT2D eigenvalue weighted by molar-refractivity contribution is 0.0753. The summed E-state index contributed by atoms with van der Waals surface area (Å²) in [5.74, 6) is 0.0500. The largest absolute Gasteiger partial charge is 0.396 e. The van der Waals surface area contributed by atoms with E-state index in [2.05, 4.69) is 0 Å². The lowest BCUT2D eigenvalue weighted by Gasteiger charge is -2.21. The Morgan fingerprint density at radius 2 is 2.06 bits per heavy atom. The fraction of sp³-hybridized carbons (Fsp3) is 0.462. The average molecular weight is 221 g/mol. The van der Waals surface area contributed by atoms with Crippen molar-refractivity contribution in [3.8, 4) is 0 Å². The summed E-state index contributed by atoms with van der Waals surface area (Å²) in [6, 6.07) is 7.59. The molecule has 0 radical (unpaired) electrons. The highest BCUT2D eigenvalue weighted by atomic mass is 16.3. The Labute approximate surface area is 96.7 Å². The van der Waals surface area contributed by atoms with Gasteiger partial charge in [0, 0.05) is 25.3 Å². The number of aliphatic hydroxyl groups is 1. The monoisotopic (exact) mass is 221 g/mol. The third kappa shape index (κ3) is 3.07. The first-order valence-corrected chi connectivity index (χ1v) is 5.66. The van der Waals surface area contributed by atoms with Crippen molar-refractivity contribution in [1.29, 1.82) is 0 Å². The van der Waals surface area contributed by atoms with Crippen LogP contribution in [0.5, 0.6) is 0 Å². The van der Waals surface area contributed by atoms with Gasteiger partial charge in [-0.05, 0) is 31.9 Å². The number of amides is 1. The van der Waals surface area contributed by atoms with Crippen molar-refractivity contribution < 1.29 is 9.90 Å². The highest BCUT2D eigenvalue weighted by Crippen LogP contribution is 2.10. The number of hydrogen-bond acceptors (Lipinski definition) is 2. The molecule has 0 aliphatic rings. The van der Waals surface area contributed by atoms with Gasteiger partial charge in [-0.25, -0.2) is 0 Å².